The molecule has 2 unspecified atom stereocenters. The number of hydrogen-bond acceptors (Lipinski definition) is 3. The first-order valence-corrected chi connectivity index (χ1v) is 9.13. The topological polar surface area (TPSA) is 41.8 Å². The van der Waals surface area contributed by atoms with E-state index in [1.165, 1.54) is 10.9 Å². The van der Waals surface area contributed by atoms with E-state index in [-0.39, 0.29) is 10.9 Å². The predicted molar refractivity (Wildman–Crippen MR) is 105 cm³/mol. The average Bonchev–Trinajstić information content (AvgIpc) is 2.58. The second-order valence-corrected chi connectivity index (χ2v) is 7.95. The van der Waals surface area contributed by atoms with Gasteiger partial charge in [0.25, 0.3) is 0 Å². The van der Waals surface area contributed by atoms with E-state index in [9.17, 15) is 5.11 Å². The van der Waals surface area contributed by atoms with Gasteiger partial charge in [-0.15, -0.1) is 0 Å². The minimum Gasteiger partial charge on any atom is -0.504 e. The number of hydrogen-bond donors (Lipinski definition) is 1. The SMILES string of the molecule is CCC(C)(Pc1c(C)cccc1C=NC)c1cccc(OC)c1O. The Morgan fingerprint density at radius 1 is 1.25 bits per heavy atom. The van der Waals surface area contributed by atoms with Crippen LogP contribution in [0.4, 0.5) is 0 Å². The number of phenols is 1. The Bertz CT molecular complexity index is 742. The monoisotopic (exact) mass is 343 g/mol. The number of ether oxygens (including phenoxy) is 1. The van der Waals surface area contributed by atoms with Crippen LogP contribution >= 0.6 is 8.58 Å². The lowest BCUT2D eigenvalue weighted by Gasteiger charge is -2.31. The third kappa shape index (κ3) is 3.62. The van der Waals surface area contributed by atoms with Crippen LogP contribution in [-0.2, 0) is 5.16 Å². The highest BCUT2D eigenvalue weighted by Gasteiger charge is 2.30. The number of methoxy groups -OCH3 is 1. The molecule has 0 aromatic heterocycles. The van der Waals surface area contributed by atoms with Crippen molar-refractivity contribution < 1.29 is 9.84 Å². The molecular formula is C20H26NO2P. The molecule has 2 rings (SSSR count). The first-order valence-electron chi connectivity index (χ1n) is 8.13. The highest BCUT2D eigenvalue weighted by molar-refractivity contribution is 7.49. The summed E-state index contributed by atoms with van der Waals surface area (Å²) in [7, 11) is 3.90. The second-order valence-electron chi connectivity index (χ2n) is 6.09. The van der Waals surface area contributed by atoms with E-state index in [0.29, 0.717) is 14.3 Å². The van der Waals surface area contributed by atoms with Crippen LogP contribution in [0.1, 0.15) is 37.0 Å². The van der Waals surface area contributed by atoms with Crippen molar-refractivity contribution in [3.63, 3.8) is 0 Å². The molecule has 3 nitrogen and oxygen atoms in total. The summed E-state index contributed by atoms with van der Waals surface area (Å²) >= 11 is 0. The number of phenolic OH excluding ortho intramolecular Hbond substituents is 1. The summed E-state index contributed by atoms with van der Waals surface area (Å²) in [4.78, 5) is 4.19. The molecule has 0 heterocycles. The number of aliphatic imine (C=N–C) groups is 1. The number of benzene rings is 2. The lowest BCUT2D eigenvalue weighted by atomic mass is 9.96. The zero-order valence-electron chi connectivity index (χ0n) is 15.1. The van der Waals surface area contributed by atoms with Gasteiger partial charge in [-0.05, 0) is 35.8 Å². The Kier molecular flexibility index (Phi) is 6.01. The quantitative estimate of drug-likeness (QED) is 0.624. The van der Waals surface area contributed by atoms with Gasteiger partial charge in [-0.2, -0.15) is 0 Å². The van der Waals surface area contributed by atoms with Crippen molar-refractivity contribution in [2.24, 2.45) is 4.99 Å². The molecule has 2 aromatic carbocycles. The number of aryl methyl sites for hydroxylation is 1. The largest absolute Gasteiger partial charge is 0.504 e. The van der Waals surface area contributed by atoms with Crippen molar-refractivity contribution in [3.8, 4) is 11.5 Å². The van der Waals surface area contributed by atoms with Crippen molar-refractivity contribution in [3.05, 3.63) is 53.1 Å². The normalized spacial score (nSPS) is 14.4. The number of para-hydroxylation sites is 1. The zero-order chi connectivity index (χ0) is 17.7. The maximum Gasteiger partial charge on any atom is 0.161 e. The van der Waals surface area contributed by atoms with Gasteiger partial charge < -0.3 is 9.84 Å². The van der Waals surface area contributed by atoms with Crippen LogP contribution in [0.2, 0.25) is 0 Å². The number of nitrogens with zero attached hydrogens (tertiary/aromatic N) is 1. The first-order chi connectivity index (χ1) is 11.5. The molecule has 24 heavy (non-hydrogen) atoms. The van der Waals surface area contributed by atoms with E-state index < -0.39 is 0 Å². The molecule has 4 heteroatoms. The van der Waals surface area contributed by atoms with Crippen LogP contribution in [-0.4, -0.2) is 25.5 Å². The molecule has 0 radical (unpaired) electrons. The van der Waals surface area contributed by atoms with Crippen LogP contribution in [0, 0.1) is 6.92 Å². The fourth-order valence-corrected chi connectivity index (χ4v) is 4.50. The summed E-state index contributed by atoms with van der Waals surface area (Å²) in [5, 5.41) is 11.8. The molecule has 0 fully saturated rings. The van der Waals surface area contributed by atoms with Crippen LogP contribution in [0.3, 0.4) is 0 Å². The molecule has 0 saturated carbocycles. The molecule has 2 aromatic rings. The lowest BCUT2D eigenvalue weighted by Crippen LogP contribution is -2.21. The minimum absolute atomic E-state index is 0.166. The smallest absolute Gasteiger partial charge is 0.161 e. The molecule has 0 bridgehead atoms. The standard InChI is InChI=1S/C20H26NO2P/c1-6-20(3,16-11-8-12-17(23-5)18(16)22)24-19-14(2)9-7-10-15(19)13-21-4/h7-13,22,24H,6H2,1-5H3. The molecule has 0 aliphatic carbocycles. The van der Waals surface area contributed by atoms with Gasteiger partial charge in [-0.25, -0.2) is 0 Å². The molecule has 0 amide bonds. The molecule has 0 saturated heterocycles. The number of rotatable bonds is 6. The maximum absolute atomic E-state index is 10.6. The van der Waals surface area contributed by atoms with Gasteiger partial charge in [0.05, 0.1) is 7.11 Å². The van der Waals surface area contributed by atoms with Crippen LogP contribution in [0.5, 0.6) is 11.5 Å². The third-order valence-corrected chi connectivity index (χ3v) is 6.60. The van der Waals surface area contributed by atoms with Crippen molar-refractivity contribution >= 4 is 20.1 Å². The Morgan fingerprint density at radius 3 is 2.58 bits per heavy atom. The van der Waals surface area contributed by atoms with Crippen LogP contribution < -0.4 is 10.0 Å². The Morgan fingerprint density at radius 2 is 1.96 bits per heavy atom. The van der Waals surface area contributed by atoms with E-state index in [2.05, 4.69) is 44.0 Å². The Hall–Kier alpha value is -1.86. The molecule has 0 spiro atoms. The average molecular weight is 343 g/mol. The third-order valence-electron chi connectivity index (χ3n) is 4.49. The van der Waals surface area contributed by atoms with E-state index in [0.717, 1.165) is 17.5 Å². The van der Waals surface area contributed by atoms with Gasteiger partial charge in [0.2, 0.25) is 0 Å². The van der Waals surface area contributed by atoms with Gasteiger partial charge in [-0.1, -0.05) is 52.8 Å². The number of aromatic hydroxyl groups is 1. The second kappa shape index (κ2) is 7.81. The summed E-state index contributed by atoms with van der Waals surface area (Å²) in [6.45, 7) is 6.51. The molecule has 2 atom stereocenters. The highest BCUT2D eigenvalue weighted by Crippen LogP contribution is 2.49. The highest BCUT2D eigenvalue weighted by atomic mass is 31.1. The van der Waals surface area contributed by atoms with E-state index >= 15 is 0 Å². The van der Waals surface area contributed by atoms with E-state index in [1.54, 1.807) is 20.2 Å². The summed E-state index contributed by atoms with van der Waals surface area (Å²) in [6.07, 6.45) is 2.83. The van der Waals surface area contributed by atoms with Gasteiger partial charge in [0, 0.05) is 24.0 Å². The maximum atomic E-state index is 10.6. The van der Waals surface area contributed by atoms with Crippen molar-refractivity contribution in [1.29, 1.82) is 0 Å². The van der Waals surface area contributed by atoms with E-state index in [4.69, 9.17) is 4.74 Å². The summed E-state index contributed by atoms with van der Waals surface area (Å²) in [5.74, 6) is 0.772. The molecule has 0 aliphatic heterocycles. The first kappa shape index (κ1) is 18.5. The molecular weight excluding hydrogens is 317 g/mol. The molecule has 1 N–H and O–H groups in total. The predicted octanol–water partition coefficient (Wildman–Crippen LogP) is 4.39. The van der Waals surface area contributed by atoms with Gasteiger partial charge in [-0.3, -0.25) is 4.99 Å². The summed E-state index contributed by atoms with van der Waals surface area (Å²) in [6, 6.07) is 12.0. The van der Waals surface area contributed by atoms with Gasteiger partial charge in [0.15, 0.2) is 11.5 Å². The van der Waals surface area contributed by atoms with Crippen molar-refractivity contribution in [2.75, 3.05) is 14.2 Å². The lowest BCUT2D eigenvalue weighted by molar-refractivity contribution is 0.367. The van der Waals surface area contributed by atoms with Gasteiger partial charge in [0.1, 0.15) is 0 Å². The van der Waals surface area contributed by atoms with Crippen LogP contribution in [0.15, 0.2) is 41.4 Å². The Balaban J connectivity index is 2.54. The summed E-state index contributed by atoms with van der Waals surface area (Å²) < 4.78 is 5.29. The fourth-order valence-electron chi connectivity index (χ4n) is 2.86. The molecule has 0 aliphatic rings. The van der Waals surface area contributed by atoms with Gasteiger partial charge >= 0.3 is 0 Å². The van der Waals surface area contributed by atoms with Crippen molar-refractivity contribution in [2.45, 2.75) is 32.3 Å². The molecule has 128 valence electrons. The van der Waals surface area contributed by atoms with Crippen LogP contribution in [0.25, 0.3) is 0 Å². The minimum atomic E-state index is -0.166. The summed E-state index contributed by atoms with van der Waals surface area (Å²) in [5.41, 5.74) is 3.34. The van der Waals surface area contributed by atoms with Crippen molar-refractivity contribution in [1.82, 2.24) is 0 Å². The van der Waals surface area contributed by atoms with E-state index in [1.807, 2.05) is 18.3 Å². The zero-order valence-corrected chi connectivity index (χ0v) is 16.1. The Labute approximate surface area is 146 Å². The fraction of sp³-hybridized carbons (Fsp3) is 0.350.